The molecule has 2 aromatic rings. The molecule has 0 bridgehead atoms. The van der Waals surface area contributed by atoms with Crippen LogP contribution in [0.4, 0.5) is 5.82 Å². The van der Waals surface area contributed by atoms with Gasteiger partial charge in [0, 0.05) is 42.6 Å². The van der Waals surface area contributed by atoms with Gasteiger partial charge in [-0.3, -0.25) is 0 Å². The minimum absolute atomic E-state index is 0.523. The molecule has 0 atom stereocenters. The van der Waals surface area contributed by atoms with Gasteiger partial charge in [-0.05, 0) is 25.0 Å². The van der Waals surface area contributed by atoms with E-state index in [2.05, 4.69) is 52.1 Å². The first kappa shape index (κ1) is 13.8. The topological polar surface area (TPSA) is 25.4 Å². The van der Waals surface area contributed by atoms with E-state index in [1.807, 2.05) is 6.07 Å². The second kappa shape index (κ2) is 6.10. The van der Waals surface area contributed by atoms with Crippen molar-refractivity contribution in [3.05, 3.63) is 35.9 Å². The van der Waals surface area contributed by atoms with Crippen LogP contribution in [0.15, 0.2) is 30.3 Å². The van der Waals surface area contributed by atoms with E-state index in [9.17, 15) is 0 Å². The molecule has 0 radical (unpaired) electrons. The molecule has 2 heterocycles. The van der Waals surface area contributed by atoms with Gasteiger partial charge in [-0.2, -0.15) is 0 Å². The molecule has 3 nitrogen and oxygen atoms in total. The number of ether oxygens (including phenoxy) is 1. The molecule has 20 heavy (non-hydrogen) atoms. The molecule has 1 aromatic carbocycles. The average molecular weight is 335 g/mol. The Labute approximate surface area is 128 Å². The Morgan fingerprint density at radius 1 is 1.30 bits per heavy atom. The molecule has 0 spiro atoms. The Balaban J connectivity index is 1.99. The largest absolute Gasteiger partial charge is 0.381 e. The Bertz CT molecular complexity index is 596. The fourth-order valence-corrected chi connectivity index (χ4v) is 3.21. The minimum Gasteiger partial charge on any atom is -0.381 e. The van der Waals surface area contributed by atoms with Crippen LogP contribution in [0.2, 0.25) is 0 Å². The fourth-order valence-electron chi connectivity index (χ4n) is 2.80. The lowest BCUT2D eigenvalue weighted by molar-refractivity contribution is 0.0853. The van der Waals surface area contributed by atoms with E-state index in [1.54, 1.807) is 0 Å². The number of nitrogens with zero attached hydrogens (tertiary/aromatic N) is 2. The molecule has 0 amide bonds. The molecule has 1 aliphatic rings. The van der Waals surface area contributed by atoms with E-state index in [1.165, 1.54) is 10.9 Å². The normalized spacial score (nSPS) is 16.5. The molecular formula is C16H19BrN2O. The zero-order valence-electron chi connectivity index (χ0n) is 11.7. The van der Waals surface area contributed by atoms with Gasteiger partial charge < -0.3 is 9.64 Å². The number of hydrogen-bond donors (Lipinski definition) is 0. The van der Waals surface area contributed by atoms with Crippen molar-refractivity contribution in [1.82, 2.24) is 4.98 Å². The molecular weight excluding hydrogens is 316 g/mol. The van der Waals surface area contributed by atoms with Gasteiger partial charge in [-0.15, -0.1) is 0 Å². The molecule has 1 aliphatic heterocycles. The maximum Gasteiger partial charge on any atom is 0.133 e. The van der Waals surface area contributed by atoms with Crippen LogP contribution >= 0.6 is 15.9 Å². The van der Waals surface area contributed by atoms with Crippen molar-refractivity contribution in [3.8, 4) is 0 Å². The minimum atomic E-state index is 0.523. The first-order chi connectivity index (χ1) is 9.79. The third kappa shape index (κ3) is 2.67. The highest BCUT2D eigenvalue weighted by atomic mass is 79.9. The molecule has 0 saturated carbocycles. The molecule has 0 aliphatic carbocycles. The van der Waals surface area contributed by atoms with Crippen LogP contribution in [-0.2, 0) is 10.1 Å². The van der Waals surface area contributed by atoms with Gasteiger partial charge in [0.15, 0.2) is 0 Å². The summed E-state index contributed by atoms with van der Waals surface area (Å²) in [5.74, 6) is 1.09. The fraction of sp³-hybridized carbons (Fsp3) is 0.438. The Kier molecular flexibility index (Phi) is 4.22. The number of benzene rings is 1. The van der Waals surface area contributed by atoms with Crippen molar-refractivity contribution in [2.45, 2.75) is 24.2 Å². The number of para-hydroxylation sites is 1. The van der Waals surface area contributed by atoms with Crippen LogP contribution < -0.4 is 4.90 Å². The number of pyridine rings is 1. The van der Waals surface area contributed by atoms with Gasteiger partial charge in [0.05, 0.1) is 5.52 Å². The first-order valence-corrected chi connectivity index (χ1v) is 8.17. The van der Waals surface area contributed by atoms with Crippen molar-refractivity contribution in [3.63, 3.8) is 0 Å². The van der Waals surface area contributed by atoms with Gasteiger partial charge in [0.1, 0.15) is 5.82 Å². The Morgan fingerprint density at radius 3 is 2.80 bits per heavy atom. The number of anilines is 1. The lowest BCUT2D eigenvalue weighted by Crippen LogP contribution is -2.37. The summed E-state index contributed by atoms with van der Waals surface area (Å²) >= 11 is 3.60. The lowest BCUT2D eigenvalue weighted by Gasteiger charge is -2.33. The lowest BCUT2D eigenvalue weighted by atomic mass is 10.1. The maximum absolute atomic E-state index is 5.46. The van der Waals surface area contributed by atoms with Crippen LogP contribution in [0.1, 0.15) is 18.4 Å². The van der Waals surface area contributed by atoms with Gasteiger partial charge in [0.2, 0.25) is 0 Å². The predicted molar refractivity (Wildman–Crippen MR) is 86.6 cm³/mol. The summed E-state index contributed by atoms with van der Waals surface area (Å²) in [5, 5.41) is 2.03. The molecule has 1 saturated heterocycles. The third-order valence-electron chi connectivity index (χ3n) is 4.00. The summed E-state index contributed by atoms with van der Waals surface area (Å²) in [6.45, 7) is 1.71. The van der Waals surface area contributed by atoms with E-state index in [0.717, 1.165) is 42.7 Å². The number of hydrogen-bond acceptors (Lipinski definition) is 3. The van der Waals surface area contributed by atoms with Crippen molar-refractivity contribution in [2.24, 2.45) is 0 Å². The monoisotopic (exact) mass is 334 g/mol. The highest BCUT2D eigenvalue weighted by Gasteiger charge is 2.21. The summed E-state index contributed by atoms with van der Waals surface area (Å²) in [4.78, 5) is 7.20. The van der Waals surface area contributed by atoms with Gasteiger partial charge >= 0.3 is 0 Å². The zero-order valence-corrected chi connectivity index (χ0v) is 13.3. The summed E-state index contributed by atoms with van der Waals surface area (Å²) < 4.78 is 5.46. The standard InChI is InChI=1S/C16H19BrN2O/c1-19(14-6-8-20-9-7-14)16-13(11-17)10-12-4-2-3-5-15(12)18-16/h2-5,10,14H,6-9,11H2,1H3. The molecule has 3 rings (SSSR count). The van der Waals surface area contributed by atoms with Gasteiger partial charge in [-0.1, -0.05) is 34.1 Å². The molecule has 1 aromatic heterocycles. The first-order valence-electron chi connectivity index (χ1n) is 7.05. The maximum atomic E-state index is 5.46. The van der Waals surface area contributed by atoms with Crippen molar-refractivity contribution in [2.75, 3.05) is 25.2 Å². The highest BCUT2D eigenvalue weighted by Crippen LogP contribution is 2.28. The van der Waals surface area contributed by atoms with E-state index in [4.69, 9.17) is 9.72 Å². The SMILES string of the molecule is CN(c1nc2ccccc2cc1CBr)C1CCOCC1. The third-order valence-corrected chi connectivity index (χ3v) is 4.60. The van der Waals surface area contributed by atoms with E-state index in [0.29, 0.717) is 6.04 Å². The Hall–Kier alpha value is -1.13. The summed E-state index contributed by atoms with van der Waals surface area (Å²) in [6, 6.07) is 11.1. The molecule has 4 heteroatoms. The van der Waals surface area contributed by atoms with Crippen LogP contribution in [0.3, 0.4) is 0 Å². The summed E-state index contributed by atoms with van der Waals surface area (Å²) in [6.07, 6.45) is 2.15. The summed E-state index contributed by atoms with van der Waals surface area (Å²) in [7, 11) is 2.15. The molecule has 106 valence electrons. The number of halogens is 1. The zero-order chi connectivity index (χ0) is 13.9. The van der Waals surface area contributed by atoms with Crippen LogP contribution in [0.25, 0.3) is 10.9 Å². The van der Waals surface area contributed by atoms with Crippen LogP contribution in [0, 0.1) is 0 Å². The Morgan fingerprint density at radius 2 is 2.05 bits per heavy atom. The van der Waals surface area contributed by atoms with E-state index in [-0.39, 0.29) is 0 Å². The molecule has 0 unspecified atom stereocenters. The van der Waals surface area contributed by atoms with E-state index >= 15 is 0 Å². The molecule has 0 N–H and O–H groups in total. The van der Waals surface area contributed by atoms with E-state index < -0.39 is 0 Å². The summed E-state index contributed by atoms with van der Waals surface area (Å²) in [5.41, 5.74) is 2.31. The number of rotatable bonds is 3. The highest BCUT2D eigenvalue weighted by molar-refractivity contribution is 9.08. The van der Waals surface area contributed by atoms with Gasteiger partial charge in [-0.25, -0.2) is 4.98 Å². The van der Waals surface area contributed by atoms with Crippen LogP contribution in [-0.4, -0.2) is 31.3 Å². The van der Waals surface area contributed by atoms with Gasteiger partial charge in [0.25, 0.3) is 0 Å². The number of fused-ring (bicyclic) bond motifs is 1. The quantitative estimate of drug-likeness (QED) is 0.799. The predicted octanol–water partition coefficient (Wildman–Crippen LogP) is 3.74. The second-order valence-corrected chi connectivity index (χ2v) is 5.81. The smallest absolute Gasteiger partial charge is 0.133 e. The second-order valence-electron chi connectivity index (χ2n) is 5.25. The average Bonchev–Trinajstić information content (AvgIpc) is 2.53. The van der Waals surface area contributed by atoms with Crippen LogP contribution in [0.5, 0.6) is 0 Å². The van der Waals surface area contributed by atoms with Crippen molar-refractivity contribution < 1.29 is 4.74 Å². The van der Waals surface area contributed by atoms with Crippen molar-refractivity contribution >= 4 is 32.7 Å². The number of alkyl halides is 1. The van der Waals surface area contributed by atoms with Crippen molar-refractivity contribution in [1.29, 1.82) is 0 Å². The molecule has 1 fully saturated rings. The number of aromatic nitrogens is 1.